The van der Waals surface area contributed by atoms with E-state index >= 15 is 0 Å². The van der Waals surface area contributed by atoms with Gasteiger partial charge in [0.2, 0.25) is 0 Å². The van der Waals surface area contributed by atoms with E-state index in [1.807, 2.05) is 174 Å². The van der Waals surface area contributed by atoms with E-state index in [0.29, 0.717) is 21.6 Å². The second-order valence-electron chi connectivity index (χ2n) is 12.5. The molecular weight excluding hydrogens is 1090 g/mol. The van der Waals surface area contributed by atoms with Gasteiger partial charge in [0, 0.05) is 42.5 Å². The Hall–Kier alpha value is -6.04. The lowest BCUT2D eigenvalue weighted by Gasteiger charge is -1.88. The van der Waals surface area contributed by atoms with Gasteiger partial charge in [-0.3, -0.25) is 0 Å². The summed E-state index contributed by atoms with van der Waals surface area (Å²) in [4.78, 5) is 0. The molecule has 0 bridgehead atoms. The van der Waals surface area contributed by atoms with E-state index in [1.54, 1.807) is 67.7 Å². The number of hydrogen-bond acceptors (Lipinski definition) is 6. The summed E-state index contributed by atoms with van der Waals surface area (Å²) in [5.41, 5.74) is 4.72. The van der Waals surface area contributed by atoms with E-state index in [-0.39, 0.29) is 11.6 Å². The van der Waals surface area contributed by atoms with Crippen molar-refractivity contribution in [2.24, 2.45) is 0 Å². The topological polar surface area (TPSA) is 78.8 Å². The molecule has 0 saturated heterocycles. The minimum atomic E-state index is -0.262. The Balaban J connectivity index is 0.000000414. The van der Waals surface area contributed by atoms with E-state index < -0.39 is 0 Å². The fourth-order valence-electron chi connectivity index (χ4n) is 5.66. The number of furan rings is 6. The second kappa shape index (κ2) is 37.7. The highest BCUT2D eigenvalue weighted by molar-refractivity contribution is 9.11. The van der Waals surface area contributed by atoms with E-state index in [1.165, 1.54) is 24.5 Å². The molecule has 0 aliphatic rings. The molecular formula is C60H66Br2Cl2F2O6. The minimum absolute atomic E-state index is 0.230. The smallest absolute Gasteiger partial charge is 0.148 e. The first-order valence-corrected chi connectivity index (χ1v) is 26.3. The van der Waals surface area contributed by atoms with Crippen molar-refractivity contribution < 1.29 is 35.3 Å². The average Bonchev–Trinajstić information content (AvgIpc) is 4.30. The predicted octanol–water partition coefficient (Wildman–Crippen LogP) is 23.9. The normalized spacial score (nSPS) is 9.25. The number of benzene rings is 6. The molecule has 0 unspecified atom stereocenters. The maximum atomic E-state index is 12.8. The SMILES string of the molecule is Brc1ccc2ccoc2c1.Brc1cccc2ccoc12.CC.CC.CC.CC.CC.CC.Clc1ccc2ccoc2c1.Clc1cccc2occc12.Fc1ccc2ccoc2c1.Fc1cccc2occc12. The van der Waals surface area contributed by atoms with Gasteiger partial charge in [-0.1, -0.05) is 153 Å². The number of fused-ring (bicyclic) bond motifs is 6. The van der Waals surface area contributed by atoms with Gasteiger partial charge < -0.3 is 26.5 Å². The highest BCUT2D eigenvalue weighted by Crippen LogP contribution is 2.25. The van der Waals surface area contributed by atoms with E-state index in [0.717, 1.165) is 63.2 Å². The van der Waals surface area contributed by atoms with Gasteiger partial charge in [0.05, 0.1) is 52.5 Å². The molecule has 0 spiro atoms. The Morgan fingerprint density at radius 2 is 0.792 bits per heavy atom. The van der Waals surface area contributed by atoms with Crippen molar-refractivity contribution in [3.63, 3.8) is 0 Å². The number of para-hydroxylation sites is 1. The van der Waals surface area contributed by atoms with Crippen LogP contribution in [0.15, 0.2) is 219 Å². The molecule has 12 aromatic rings. The summed E-state index contributed by atoms with van der Waals surface area (Å²) in [7, 11) is 0. The fourth-order valence-corrected chi connectivity index (χ4v) is 6.86. The van der Waals surface area contributed by atoms with Gasteiger partial charge in [0.15, 0.2) is 0 Å². The second-order valence-corrected chi connectivity index (χ2v) is 15.1. The van der Waals surface area contributed by atoms with Crippen molar-refractivity contribution in [2.75, 3.05) is 0 Å². The van der Waals surface area contributed by atoms with Crippen LogP contribution in [0, 0.1) is 11.6 Å². The fraction of sp³-hybridized carbons (Fsp3) is 0.200. The van der Waals surface area contributed by atoms with Crippen LogP contribution in [0.2, 0.25) is 10.0 Å². The Morgan fingerprint density at radius 1 is 0.361 bits per heavy atom. The van der Waals surface area contributed by atoms with Crippen LogP contribution in [0.4, 0.5) is 8.78 Å². The molecule has 72 heavy (non-hydrogen) atoms. The van der Waals surface area contributed by atoms with Gasteiger partial charge in [0.25, 0.3) is 0 Å². The minimum Gasteiger partial charge on any atom is -0.464 e. The molecule has 0 radical (unpaired) electrons. The Kier molecular flexibility index (Phi) is 33.5. The van der Waals surface area contributed by atoms with Crippen molar-refractivity contribution in [2.45, 2.75) is 83.1 Å². The highest BCUT2D eigenvalue weighted by Gasteiger charge is 2.01. The van der Waals surface area contributed by atoms with Crippen LogP contribution in [0.3, 0.4) is 0 Å². The van der Waals surface area contributed by atoms with Crippen molar-refractivity contribution in [1.82, 2.24) is 0 Å². The third-order valence-electron chi connectivity index (χ3n) is 8.57. The van der Waals surface area contributed by atoms with Crippen LogP contribution in [0.25, 0.3) is 65.8 Å². The molecule has 0 atom stereocenters. The third kappa shape index (κ3) is 20.6. The summed E-state index contributed by atoms with van der Waals surface area (Å²) in [6, 6.07) is 43.4. The van der Waals surface area contributed by atoms with Crippen molar-refractivity contribution in [3.8, 4) is 0 Å². The molecule has 6 aromatic heterocycles. The molecule has 0 aliphatic carbocycles. The largest absolute Gasteiger partial charge is 0.464 e. The molecule has 6 aromatic carbocycles. The summed E-state index contributed by atoms with van der Waals surface area (Å²) in [6.45, 7) is 24.0. The molecule has 384 valence electrons. The van der Waals surface area contributed by atoms with Crippen molar-refractivity contribution >= 4 is 121 Å². The molecule has 0 N–H and O–H groups in total. The lowest BCUT2D eigenvalue weighted by Crippen LogP contribution is -1.70. The number of rotatable bonds is 0. The van der Waals surface area contributed by atoms with Crippen LogP contribution in [0.1, 0.15) is 83.1 Å². The quantitative estimate of drug-likeness (QED) is 0.151. The first-order valence-electron chi connectivity index (χ1n) is 24.0. The maximum absolute atomic E-state index is 12.8. The van der Waals surface area contributed by atoms with E-state index in [2.05, 4.69) is 31.9 Å². The lowest BCUT2D eigenvalue weighted by atomic mass is 10.2. The van der Waals surface area contributed by atoms with Crippen molar-refractivity contribution in [1.29, 1.82) is 0 Å². The molecule has 0 fully saturated rings. The lowest BCUT2D eigenvalue weighted by molar-refractivity contribution is 0.599. The number of hydrogen-bond donors (Lipinski definition) is 0. The summed E-state index contributed by atoms with van der Waals surface area (Å²) in [6.07, 6.45) is 9.70. The molecule has 0 amide bonds. The van der Waals surface area contributed by atoms with Gasteiger partial charge in [-0.05, 0) is 125 Å². The first-order chi connectivity index (χ1) is 35.2. The summed E-state index contributed by atoms with van der Waals surface area (Å²) in [5.74, 6) is -0.492. The van der Waals surface area contributed by atoms with Crippen molar-refractivity contribution in [3.05, 3.63) is 214 Å². The zero-order valence-corrected chi connectivity index (χ0v) is 47.7. The zero-order valence-electron chi connectivity index (χ0n) is 43.0. The predicted molar refractivity (Wildman–Crippen MR) is 311 cm³/mol. The molecule has 6 nitrogen and oxygen atoms in total. The Bertz CT molecular complexity index is 2890. The zero-order chi connectivity index (χ0) is 53.8. The molecule has 6 heterocycles. The highest BCUT2D eigenvalue weighted by atomic mass is 79.9. The molecule has 0 aliphatic heterocycles. The van der Waals surface area contributed by atoms with Gasteiger partial charge in [-0.25, -0.2) is 8.78 Å². The first kappa shape index (κ1) is 64.0. The van der Waals surface area contributed by atoms with Crippen LogP contribution >= 0.6 is 55.1 Å². The van der Waals surface area contributed by atoms with E-state index in [4.69, 9.17) is 49.7 Å². The summed E-state index contributed by atoms with van der Waals surface area (Å²) >= 11 is 18.3. The maximum Gasteiger partial charge on any atom is 0.148 e. The average molecular weight is 1150 g/mol. The van der Waals surface area contributed by atoms with Gasteiger partial charge >= 0.3 is 0 Å². The standard InChI is InChI=1S/2C8H5BrO.2C8H5ClO.2C8H5FO.6C2H6/c9-7-2-1-6-3-4-10-8(6)5-7;9-7-3-1-2-6-4-5-10-8(6)7;9-7-2-1-6-3-4-10-8(6)5-7;9-7-2-1-3-8-6(7)4-5-10-8;9-7-2-1-6-3-4-10-8(6)5-7;9-7-2-1-3-8-6(7)4-5-10-8;6*1-2/h6*1-5H;6*1-2H3. The molecule has 12 rings (SSSR count). The summed E-state index contributed by atoms with van der Waals surface area (Å²) < 4.78 is 57.8. The number of halogens is 6. The molecule has 0 saturated carbocycles. The Labute approximate surface area is 450 Å². The van der Waals surface area contributed by atoms with Crippen LogP contribution in [-0.4, -0.2) is 0 Å². The van der Waals surface area contributed by atoms with E-state index in [9.17, 15) is 8.78 Å². The van der Waals surface area contributed by atoms with Gasteiger partial charge in [0.1, 0.15) is 45.1 Å². The Morgan fingerprint density at radius 3 is 1.35 bits per heavy atom. The van der Waals surface area contributed by atoms with Crippen LogP contribution in [0.5, 0.6) is 0 Å². The van der Waals surface area contributed by atoms with Gasteiger partial charge in [-0.2, -0.15) is 0 Å². The monoisotopic (exact) mass is 1150 g/mol. The molecule has 12 heteroatoms. The van der Waals surface area contributed by atoms with Crippen LogP contribution < -0.4 is 0 Å². The van der Waals surface area contributed by atoms with Crippen LogP contribution in [-0.2, 0) is 0 Å². The van der Waals surface area contributed by atoms with Gasteiger partial charge in [-0.15, -0.1) is 0 Å². The summed E-state index contributed by atoms with van der Waals surface area (Å²) in [5, 5.41) is 7.27. The third-order valence-corrected chi connectivity index (χ3v) is 10.3.